The molecule has 1 aromatic rings. The Labute approximate surface area is 155 Å². The van der Waals surface area contributed by atoms with Crippen LogP contribution in [0.5, 0.6) is 5.75 Å². The molecule has 1 unspecified atom stereocenters. The van der Waals surface area contributed by atoms with Gasteiger partial charge < -0.3 is 10.4 Å². The highest BCUT2D eigenvalue weighted by Crippen LogP contribution is 2.16. The molecular formula is C20H29N3O3. The number of rotatable bonds is 10. The minimum Gasteiger partial charge on any atom is -0.508 e. The molecule has 1 rings (SSSR count). The van der Waals surface area contributed by atoms with Crippen LogP contribution in [0.1, 0.15) is 52.0 Å². The normalized spacial score (nSPS) is 11.7. The fraction of sp³-hybridized carbons (Fsp3) is 0.550. The third kappa shape index (κ3) is 6.40. The van der Waals surface area contributed by atoms with Gasteiger partial charge in [-0.25, -0.2) is 4.90 Å². The number of benzene rings is 1. The first-order chi connectivity index (χ1) is 12.5. The van der Waals surface area contributed by atoms with Gasteiger partial charge in [-0.3, -0.25) is 9.59 Å². The minimum absolute atomic E-state index is 0.128. The summed E-state index contributed by atoms with van der Waals surface area (Å²) < 4.78 is 0. The lowest BCUT2D eigenvalue weighted by molar-refractivity contribution is -0.135. The highest BCUT2D eigenvalue weighted by molar-refractivity contribution is 5.89. The van der Waals surface area contributed by atoms with E-state index in [0.717, 1.165) is 36.1 Å². The molecule has 1 atom stereocenters. The Morgan fingerprint density at radius 3 is 2.19 bits per heavy atom. The average Bonchev–Trinajstić information content (AvgIpc) is 2.63. The van der Waals surface area contributed by atoms with E-state index in [4.69, 9.17) is 5.26 Å². The van der Waals surface area contributed by atoms with Gasteiger partial charge in [-0.1, -0.05) is 38.8 Å². The van der Waals surface area contributed by atoms with Crippen LogP contribution in [0.15, 0.2) is 24.3 Å². The summed E-state index contributed by atoms with van der Waals surface area (Å²) in [5.74, 6) is -0.542. The molecule has 0 saturated carbocycles. The summed E-state index contributed by atoms with van der Waals surface area (Å²) in [6.45, 7) is 6.04. The molecule has 0 fully saturated rings. The molecule has 0 bridgehead atoms. The zero-order valence-corrected chi connectivity index (χ0v) is 15.9. The number of carbonyl (C=O) groups is 2. The Bertz CT molecular complexity index is 616. The van der Waals surface area contributed by atoms with E-state index < -0.39 is 11.9 Å². The van der Waals surface area contributed by atoms with Crippen molar-refractivity contribution in [2.45, 2.75) is 58.9 Å². The second-order valence-electron chi connectivity index (χ2n) is 6.39. The maximum absolute atomic E-state index is 12.7. The van der Waals surface area contributed by atoms with Gasteiger partial charge in [0.05, 0.1) is 0 Å². The number of nitrogens with one attached hydrogen (secondary N) is 1. The van der Waals surface area contributed by atoms with E-state index in [1.807, 2.05) is 20.0 Å². The standard InChI is InChI=1S/C20H29N3O3/c1-4-7-16(8-5-2)19(25)22-18(20(26)23(6-3)14-21)13-15-9-11-17(24)12-10-15/h9-12,16,18,24H,4-8,13H2,1-3H3,(H,22,25). The van der Waals surface area contributed by atoms with Crippen molar-refractivity contribution in [2.24, 2.45) is 5.92 Å². The lowest BCUT2D eigenvalue weighted by Gasteiger charge is -2.24. The Morgan fingerprint density at radius 1 is 1.15 bits per heavy atom. The first-order valence-electron chi connectivity index (χ1n) is 9.26. The molecule has 0 spiro atoms. The van der Waals surface area contributed by atoms with Gasteiger partial charge in [-0.15, -0.1) is 0 Å². The number of hydrogen-bond acceptors (Lipinski definition) is 4. The van der Waals surface area contributed by atoms with Crippen molar-refractivity contribution in [1.29, 1.82) is 5.26 Å². The van der Waals surface area contributed by atoms with Gasteiger partial charge in [0.25, 0.3) is 5.91 Å². The molecule has 0 heterocycles. The van der Waals surface area contributed by atoms with Crippen LogP contribution in [0.2, 0.25) is 0 Å². The first kappa shape index (κ1) is 21.5. The van der Waals surface area contributed by atoms with Gasteiger partial charge >= 0.3 is 0 Å². The Balaban J connectivity index is 2.99. The Hall–Kier alpha value is -2.55. The lowest BCUT2D eigenvalue weighted by atomic mass is 9.96. The van der Waals surface area contributed by atoms with Gasteiger partial charge in [0.2, 0.25) is 5.91 Å². The molecule has 2 amide bonds. The van der Waals surface area contributed by atoms with Crippen LogP contribution in [0.4, 0.5) is 0 Å². The SMILES string of the molecule is CCCC(CCC)C(=O)NC(Cc1ccc(O)cc1)C(=O)N(C#N)CC. The number of amides is 2. The molecule has 26 heavy (non-hydrogen) atoms. The zero-order valence-electron chi connectivity index (χ0n) is 15.9. The number of carbonyl (C=O) groups excluding carboxylic acids is 2. The monoisotopic (exact) mass is 359 g/mol. The molecule has 0 aliphatic carbocycles. The number of nitrogens with zero attached hydrogens (tertiary/aromatic N) is 2. The van der Waals surface area contributed by atoms with E-state index in [9.17, 15) is 14.7 Å². The van der Waals surface area contributed by atoms with Crippen molar-refractivity contribution < 1.29 is 14.7 Å². The summed E-state index contributed by atoms with van der Waals surface area (Å²) in [6.07, 6.45) is 5.48. The third-order valence-electron chi connectivity index (χ3n) is 4.34. The second-order valence-corrected chi connectivity index (χ2v) is 6.39. The summed E-state index contributed by atoms with van der Waals surface area (Å²) in [5, 5.41) is 21.4. The third-order valence-corrected chi connectivity index (χ3v) is 4.34. The number of aromatic hydroxyl groups is 1. The zero-order chi connectivity index (χ0) is 19.5. The molecule has 142 valence electrons. The van der Waals surface area contributed by atoms with Crippen LogP contribution in [0, 0.1) is 17.4 Å². The predicted molar refractivity (Wildman–Crippen MR) is 100 cm³/mol. The number of nitriles is 1. The van der Waals surface area contributed by atoms with Crippen LogP contribution in [0.3, 0.4) is 0 Å². The maximum atomic E-state index is 12.7. The second kappa shape index (κ2) is 11.1. The van der Waals surface area contributed by atoms with Crippen LogP contribution < -0.4 is 5.32 Å². The smallest absolute Gasteiger partial charge is 0.258 e. The van der Waals surface area contributed by atoms with Crippen molar-refractivity contribution in [3.05, 3.63) is 29.8 Å². The number of hydrogen-bond donors (Lipinski definition) is 2. The number of phenolic OH excluding ortho intramolecular Hbond substituents is 1. The molecule has 0 aliphatic heterocycles. The molecule has 6 heteroatoms. The highest BCUT2D eigenvalue weighted by atomic mass is 16.3. The molecule has 0 radical (unpaired) electrons. The van der Waals surface area contributed by atoms with E-state index in [-0.39, 0.29) is 30.5 Å². The quantitative estimate of drug-likeness (QED) is 0.496. The van der Waals surface area contributed by atoms with Crippen molar-refractivity contribution in [3.63, 3.8) is 0 Å². The van der Waals surface area contributed by atoms with Crippen LogP contribution >= 0.6 is 0 Å². The van der Waals surface area contributed by atoms with E-state index in [1.165, 1.54) is 12.1 Å². The largest absolute Gasteiger partial charge is 0.508 e. The molecule has 1 aromatic carbocycles. The van der Waals surface area contributed by atoms with Gasteiger partial charge in [-0.05, 0) is 37.5 Å². The van der Waals surface area contributed by atoms with Crippen molar-refractivity contribution in [1.82, 2.24) is 10.2 Å². The Morgan fingerprint density at radius 2 is 1.73 bits per heavy atom. The fourth-order valence-corrected chi connectivity index (χ4v) is 2.92. The number of likely N-dealkylation sites (N-methyl/N-ethyl adjacent to an activating group) is 1. The van der Waals surface area contributed by atoms with Crippen LogP contribution in [-0.4, -0.2) is 34.4 Å². The topological polar surface area (TPSA) is 93.4 Å². The van der Waals surface area contributed by atoms with Gasteiger partial charge in [-0.2, -0.15) is 5.26 Å². The molecule has 6 nitrogen and oxygen atoms in total. The van der Waals surface area contributed by atoms with E-state index >= 15 is 0 Å². The minimum atomic E-state index is -0.803. The average molecular weight is 359 g/mol. The van der Waals surface area contributed by atoms with Gasteiger partial charge in [0.15, 0.2) is 6.19 Å². The summed E-state index contributed by atoms with van der Waals surface area (Å²) >= 11 is 0. The molecule has 2 N–H and O–H groups in total. The predicted octanol–water partition coefficient (Wildman–Crippen LogP) is 2.97. The van der Waals surface area contributed by atoms with Crippen molar-refractivity contribution >= 4 is 11.8 Å². The fourth-order valence-electron chi connectivity index (χ4n) is 2.92. The summed E-state index contributed by atoms with van der Waals surface area (Å²) in [4.78, 5) is 26.4. The van der Waals surface area contributed by atoms with E-state index in [0.29, 0.717) is 0 Å². The molecule has 0 saturated heterocycles. The van der Waals surface area contributed by atoms with Crippen LogP contribution in [-0.2, 0) is 16.0 Å². The summed E-state index contributed by atoms with van der Waals surface area (Å²) in [6, 6.07) is 5.69. The van der Waals surface area contributed by atoms with Gasteiger partial charge in [0, 0.05) is 18.9 Å². The molecular weight excluding hydrogens is 330 g/mol. The van der Waals surface area contributed by atoms with E-state index in [2.05, 4.69) is 5.32 Å². The number of phenols is 1. The maximum Gasteiger partial charge on any atom is 0.258 e. The van der Waals surface area contributed by atoms with Gasteiger partial charge in [0.1, 0.15) is 11.8 Å². The van der Waals surface area contributed by atoms with Crippen LogP contribution in [0.25, 0.3) is 0 Å². The Kier molecular flexibility index (Phi) is 9.21. The van der Waals surface area contributed by atoms with Crippen molar-refractivity contribution in [3.8, 4) is 11.9 Å². The molecule has 0 aliphatic rings. The van der Waals surface area contributed by atoms with Crippen molar-refractivity contribution in [2.75, 3.05) is 6.54 Å². The summed E-state index contributed by atoms with van der Waals surface area (Å²) in [5.41, 5.74) is 0.804. The highest BCUT2D eigenvalue weighted by Gasteiger charge is 2.28. The molecule has 0 aromatic heterocycles. The van der Waals surface area contributed by atoms with E-state index in [1.54, 1.807) is 19.1 Å². The lowest BCUT2D eigenvalue weighted by Crippen LogP contribution is -2.50. The summed E-state index contributed by atoms with van der Waals surface area (Å²) in [7, 11) is 0. The first-order valence-corrected chi connectivity index (χ1v) is 9.26.